The highest BCUT2D eigenvalue weighted by molar-refractivity contribution is 7.47. The van der Waals surface area contributed by atoms with Gasteiger partial charge in [-0.25, -0.2) is 9.13 Å². The lowest BCUT2D eigenvalue weighted by molar-refractivity contribution is -0.161. The molecule has 0 saturated heterocycles. The van der Waals surface area contributed by atoms with E-state index in [0.29, 0.717) is 25.7 Å². The minimum Gasteiger partial charge on any atom is -0.462 e. The van der Waals surface area contributed by atoms with Crippen molar-refractivity contribution in [1.29, 1.82) is 0 Å². The van der Waals surface area contributed by atoms with Gasteiger partial charge in [0, 0.05) is 25.7 Å². The highest BCUT2D eigenvalue weighted by Gasteiger charge is 2.31. The largest absolute Gasteiger partial charge is 0.472 e. The van der Waals surface area contributed by atoms with E-state index in [4.69, 9.17) is 37.0 Å². The van der Waals surface area contributed by atoms with Gasteiger partial charge >= 0.3 is 39.5 Å². The Kier molecular flexibility index (Phi) is 81.7. The number of phosphoric ester groups is 2. The average Bonchev–Trinajstić information content (AvgIpc) is 0.898. The van der Waals surface area contributed by atoms with Gasteiger partial charge in [-0.3, -0.25) is 37.3 Å². The molecule has 17 nitrogen and oxygen atoms in total. The van der Waals surface area contributed by atoms with Gasteiger partial charge in [0.15, 0.2) is 12.2 Å². The lowest BCUT2D eigenvalue weighted by Gasteiger charge is -2.21. The maximum atomic E-state index is 13.2. The number of rotatable bonds is 91. The van der Waals surface area contributed by atoms with Gasteiger partial charge < -0.3 is 33.8 Å². The molecule has 0 saturated carbocycles. The monoisotopic (exact) mass is 1620 g/mol. The first-order valence-electron chi connectivity index (χ1n) is 47.5. The van der Waals surface area contributed by atoms with Gasteiger partial charge in [0.2, 0.25) is 0 Å². The molecule has 0 radical (unpaired) electrons. The van der Waals surface area contributed by atoms with Crippen LogP contribution in [0.4, 0.5) is 0 Å². The van der Waals surface area contributed by atoms with Crippen LogP contribution in [-0.2, 0) is 65.4 Å². The SMILES string of the molecule is CCCCCCCCCCCCCCCCCCCCCCC(=O)OC[C@H](COP(=O)(O)OC[C@@H](O)COP(=O)(O)OC[C@@H](COC(=O)CCCCCCCCCCCCC)OC(=O)CCCCCCCCCCCCCCCCCC(C)C)OC(=O)CCCCCCCCCCCCCCCCCCCCC(C)CC. The number of unbranched alkanes of at least 4 members (excludes halogenated alkanes) is 60. The van der Waals surface area contributed by atoms with E-state index in [0.717, 1.165) is 102 Å². The van der Waals surface area contributed by atoms with Crippen LogP contribution in [-0.4, -0.2) is 96.7 Å². The van der Waals surface area contributed by atoms with Crippen molar-refractivity contribution >= 4 is 39.5 Å². The number of hydrogen-bond donors (Lipinski definition) is 3. The van der Waals surface area contributed by atoms with E-state index in [1.54, 1.807) is 0 Å². The van der Waals surface area contributed by atoms with Crippen molar-refractivity contribution in [2.75, 3.05) is 39.6 Å². The number of phosphoric acid groups is 2. The number of carbonyl (C=O) groups is 4. The topological polar surface area (TPSA) is 237 Å². The molecule has 3 unspecified atom stereocenters. The predicted molar refractivity (Wildman–Crippen MR) is 460 cm³/mol. The molecule has 0 aromatic rings. The van der Waals surface area contributed by atoms with E-state index in [2.05, 4.69) is 41.5 Å². The van der Waals surface area contributed by atoms with Crippen molar-refractivity contribution in [2.45, 2.75) is 516 Å². The zero-order valence-corrected chi connectivity index (χ0v) is 75.1. The third kappa shape index (κ3) is 84.3. The smallest absolute Gasteiger partial charge is 0.462 e. The maximum Gasteiger partial charge on any atom is 0.472 e. The number of aliphatic hydroxyl groups excluding tert-OH is 1. The zero-order chi connectivity index (χ0) is 81.3. The Bertz CT molecular complexity index is 2120. The quantitative estimate of drug-likeness (QED) is 0.0222. The second kappa shape index (κ2) is 83.1. The van der Waals surface area contributed by atoms with Crippen LogP contribution in [0.2, 0.25) is 0 Å². The van der Waals surface area contributed by atoms with Gasteiger partial charge in [-0.2, -0.15) is 0 Å². The number of hydrogen-bond acceptors (Lipinski definition) is 15. The summed E-state index contributed by atoms with van der Waals surface area (Å²) in [7, 11) is -9.94. The van der Waals surface area contributed by atoms with Crippen LogP contribution in [0.25, 0.3) is 0 Å². The number of aliphatic hydroxyl groups is 1. The van der Waals surface area contributed by atoms with Gasteiger partial charge in [0.1, 0.15) is 19.3 Å². The maximum absolute atomic E-state index is 13.2. The fraction of sp³-hybridized carbons (Fsp3) is 0.957. The van der Waals surface area contributed by atoms with E-state index in [1.807, 2.05) is 0 Å². The minimum absolute atomic E-state index is 0.108. The van der Waals surface area contributed by atoms with Crippen molar-refractivity contribution in [3.8, 4) is 0 Å². The van der Waals surface area contributed by atoms with Crippen LogP contribution in [0.1, 0.15) is 497 Å². The normalized spacial score (nSPS) is 14.0. The number of carbonyl (C=O) groups excluding carboxylic acids is 4. The zero-order valence-electron chi connectivity index (χ0n) is 73.3. The third-order valence-electron chi connectivity index (χ3n) is 22.1. The first-order valence-corrected chi connectivity index (χ1v) is 50.5. The summed E-state index contributed by atoms with van der Waals surface area (Å²) in [5, 5.41) is 10.7. The number of esters is 4. The Morgan fingerprint density at radius 1 is 0.261 bits per heavy atom. The summed E-state index contributed by atoms with van der Waals surface area (Å²) in [5.74, 6) is -0.420. The van der Waals surface area contributed by atoms with E-state index < -0.39 is 97.5 Å². The molecule has 0 aromatic heterocycles. The fourth-order valence-electron chi connectivity index (χ4n) is 14.4. The Morgan fingerprint density at radius 2 is 0.459 bits per heavy atom. The Morgan fingerprint density at radius 3 is 0.685 bits per heavy atom. The summed E-state index contributed by atoms with van der Waals surface area (Å²) in [6, 6.07) is 0. The van der Waals surface area contributed by atoms with Crippen LogP contribution < -0.4 is 0 Å². The molecule has 0 aromatic carbocycles. The third-order valence-corrected chi connectivity index (χ3v) is 24.0. The molecule has 0 bridgehead atoms. The van der Waals surface area contributed by atoms with E-state index >= 15 is 0 Å². The first-order chi connectivity index (χ1) is 53.9. The molecule has 0 spiro atoms. The lowest BCUT2D eigenvalue weighted by atomic mass is 9.99. The Balaban J connectivity index is 5.23. The van der Waals surface area contributed by atoms with Gasteiger partial charge in [0.05, 0.1) is 26.4 Å². The molecular formula is C92H180O17P2. The molecule has 3 N–H and O–H groups in total. The summed E-state index contributed by atoms with van der Waals surface area (Å²) in [5.41, 5.74) is 0. The van der Waals surface area contributed by atoms with Gasteiger partial charge in [-0.1, -0.05) is 446 Å². The summed E-state index contributed by atoms with van der Waals surface area (Å²) < 4.78 is 69.1. The van der Waals surface area contributed by atoms with Crippen LogP contribution in [0.5, 0.6) is 0 Å². The molecule has 0 aliphatic heterocycles. The second-order valence-corrected chi connectivity index (χ2v) is 36.7. The minimum atomic E-state index is -4.97. The van der Waals surface area contributed by atoms with Gasteiger partial charge in [0.25, 0.3) is 0 Å². The molecule has 0 aliphatic carbocycles. The standard InChI is InChI=1S/C92H180O17P2/c1-7-10-12-14-16-18-20-21-22-23-24-25-29-34-39-45-51-57-63-69-75-90(95)103-81-88(109-91(96)76-70-64-58-52-46-40-35-30-27-26-28-33-38-44-49-55-61-67-73-85(6)9-3)83-107-111(100,101)105-79-86(93)78-104-110(98,99)106-82-87(80-102-89(94)74-68-62-56-50-42-19-17-15-13-11-8-2)108-92(97)77-71-65-59-53-47-41-36-31-32-37-43-48-54-60-66-72-84(4)5/h84-88,93H,7-83H2,1-6H3,(H,98,99)(H,100,101)/t85?,86-,87+,88+/m0/s1. The van der Waals surface area contributed by atoms with Crippen LogP contribution >= 0.6 is 15.6 Å². The Labute approximate surface area is 683 Å². The van der Waals surface area contributed by atoms with Crippen molar-refractivity contribution in [2.24, 2.45) is 11.8 Å². The average molecular weight is 1620 g/mol. The molecule has 0 heterocycles. The highest BCUT2D eigenvalue weighted by Crippen LogP contribution is 2.45. The molecular weight excluding hydrogens is 1440 g/mol. The van der Waals surface area contributed by atoms with Crippen LogP contribution in [0.15, 0.2) is 0 Å². The lowest BCUT2D eigenvalue weighted by Crippen LogP contribution is -2.30. The van der Waals surface area contributed by atoms with Crippen LogP contribution in [0.3, 0.4) is 0 Å². The fourth-order valence-corrected chi connectivity index (χ4v) is 16.0. The second-order valence-electron chi connectivity index (χ2n) is 33.8. The summed E-state index contributed by atoms with van der Waals surface area (Å²) >= 11 is 0. The Hall–Kier alpha value is -1.94. The van der Waals surface area contributed by atoms with Crippen molar-refractivity contribution in [3.05, 3.63) is 0 Å². The molecule has 660 valence electrons. The molecule has 19 heteroatoms. The molecule has 0 fully saturated rings. The van der Waals surface area contributed by atoms with Crippen LogP contribution in [0, 0.1) is 11.8 Å². The summed E-state index contributed by atoms with van der Waals surface area (Å²) in [6.45, 7) is 9.80. The van der Waals surface area contributed by atoms with E-state index in [1.165, 1.54) is 315 Å². The van der Waals surface area contributed by atoms with Crippen molar-refractivity contribution < 1.29 is 80.2 Å². The van der Waals surface area contributed by atoms with E-state index in [-0.39, 0.29) is 25.7 Å². The van der Waals surface area contributed by atoms with Gasteiger partial charge in [-0.15, -0.1) is 0 Å². The molecule has 111 heavy (non-hydrogen) atoms. The molecule has 0 amide bonds. The first kappa shape index (κ1) is 109. The molecule has 0 rings (SSSR count). The predicted octanol–water partition coefficient (Wildman–Crippen LogP) is 28.6. The number of ether oxygens (including phenoxy) is 4. The summed E-state index contributed by atoms with van der Waals surface area (Å²) in [6.07, 6.45) is 77.8. The van der Waals surface area contributed by atoms with E-state index in [9.17, 15) is 43.2 Å². The van der Waals surface area contributed by atoms with Crippen molar-refractivity contribution in [1.82, 2.24) is 0 Å². The van der Waals surface area contributed by atoms with Crippen molar-refractivity contribution in [3.63, 3.8) is 0 Å². The molecule has 6 atom stereocenters. The summed E-state index contributed by atoms with van der Waals surface area (Å²) in [4.78, 5) is 73.4. The molecule has 0 aliphatic rings. The highest BCUT2D eigenvalue weighted by atomic mass is 31.2. The van der Waals surface area contributed by atoms with Gasteiger partial charge in [-0.05, 0) is 37.5 Å².